The minimum absolute atomic E-state index is 0.467. The average molecular weight is 236 g/mol. The largest absolute Gasteiger partial charge is 0.328 e. The Morgan fingerprint density at radius 3 is 2.69 bits per heavy atom. The molecule has 1 aromatic rings. The van der Waals surface area contributed by atoms with Gasteiger partial charge < -0.3 is 5.73 Å². The Bertz CT molecular complexity index is 322. The highest BCUT2D eigenvalue weighted by molar-refractivity contribution is 7.07. The first-order valence-electron chi connectivity index (χ1n) is 6.35. The summed E-state index contributed by atoms with van der Waals surface area (Å²) >= 11 is 1.81. The highest BCUT2D eigenvalue weighted by atomic mass is 32.1. The number of thiophene rings is 1. The number of nitrogens with zero attached hydrogens (tertiary/aromatic N) is 1. The fourth-order valence-corrected chi connectivity index (χ4v) is 4.08. The quantitative estimate of drug-likeness (QED) is 0.872. The monoisotopic (exact) mass is 236 g/mol. The molecule has 0 radical (unpaired) electrons. The molecule has 0 amide bonds. The third-order valence-electron chi connectivity index (χ3n) is 4.16. The van der Waals surface area contributed by atoms with Crippen molar-refractivity contribution >= 4 is 11.3 Å². The third-order valence-corrected chi connectivity index (χ3v) is 4.89. The molecule has 3 heterocycles. The molecule has 2 aliphatic rings. The first kappa shape index (κ1) is 10.8. The standard InChI is InChI=1S/C13H20N2S/c14-11-7-12-1-2-13(8-11)15(12)5-3-10-4-6-16-9-10/h4,6,9,11-13H,1-3,5,7-8,14H2. The Labute approximate surface area is 101 Å². The van der Waals surface area contributed by atoms with Crippen LogP contribution in [-0.2, 0) is 6.42 Å². The third kappa shape index (κ3) is 2.04. The molecule has 0 saturated carbocycles. The summed E-state index contributed by atoms with van der Waals surface area (Å²) in [6.45, 7) is 1.23. The highest BCUT2D eigenvalue weighted by Gasteiger charge is 2.38. The van der Waals surface area contributed by atoms with Crippen LogP contribution in [0.1, 0.15) is 31.2 Å². The molecular weight excluding hydrogens is 216 g/mol. The summed E-state index contributed by atoms with van der Waals surface area (Å²) in [5, 5.41) is 4.45. The zero-order valence-corrected chi connectivity index (χ0v) is 10.5. The Kier molecular flexibility index (Phi) is 3.01. The Hall–Kier alpha value is -0.380. The van der Waals surface area contributed by atoms with Gasteiger partial charge in [-0.05, 0) is 54.5 Å². The summed E-state index contributed by atoms with van der Waals surface area (Å²) in [5.74, 6) is 0. The predicted molar refractivity (Wildman–Crippen MR) is 68.7 cm³/mol. The van der Waals surface area contributed by atoms with Crippen molar-refractivity contribution in [3.05, 3.63) is 22.4 Å². The molecular formula is C13H20N2S. The van der Waals surface area contributed by atoms with E-state index < -0.39 is 0 Å². The second kappa shape index (κ2) is 4.47. The number of nitrogens with two attached hydrogens (primary N) is 1. The first-order chi connectivity index (χ1) is 7.83. The maximum atomic E-state index is 6.08. The van der Waals surface area contributed by atoms with Crippen LogP contribution >= 0.6 is 11.3 Å². The van der Waals surface area contributed by atoms with Crippen LogP contribution in [0.3, 0.4) is 0 Å². The Morgan fingerprint density at radius 2 is 2.06 bits per heavy atom. The van der Waals surface area contributed by atoms with E-state index in [4.69, 9.17) is 5.73 Å². The van der Waals surface area contributed by atoms with Crippen molar-refractivity contribution in [1.29, 1.82) is 0 Å². The van der Waals surface area contributed by atoms with Crippen LogP contribution in [0.4, 0.5) is 0 Å². The van der Waals surface area contributed by atoms with Gasteiger partial charge in [-0.1, -0.05) is 0 Å². The molecule has 2 saturated heterocycles. The van der Waals surface area contributed by atoms with Crippen molar-refractivity contribution in [3.8, 4) is 0 Å². The SMILES string of the molecule is NC1CC2CCC(C1)N2CCc1ccsc1. The molecule has 2 aliphatic heterocycles. The molecule has 88 valence electrons. The first-order valence-corrected chi connectivity index (χ1v) is 7.29. The average Bonchev–Trinajstić information content (AvgIpc) is 2.83. The van der Waals surface area contributed by atoms with Crippen LogP contribution < -0.4 is 5.73 Å². The van der Waals surface area contributed by atoms with Crippen molar-refractivity contribution < 1.29 is 0 Å². The van der Waals surface area contributed by atoms with Crippen LogP contribution in [0.25, 0.3) is 0 Å². The minimum atomic E-state index is 0.467. The van der Waals surface area contributed by atoms with Crippen molar-refractivity contribution in [2.45, 2.75) is 50.2 Å². The Balaban J connectivity index is 1.59. The fraction of sp³-hybridized carbons (Fsp3) is 0.692. The van der Waals surface area contributed by atoms with Gasteiger partial charge in [-0.15, -0.1) is 0 Å². The van der Waals surface area contributed by atoms with Gasteiger partial charge in [0.25, 0.3) is 0 Å². The van der Waals surface area contributed by atoms with Crippen molar-refractivity contribution in [2.75, 3.05) is 6.54 Å². The smallest absolute Gasteiger partial charge is 0.0114 e. The summed E-state index contributed by atoms with van der Waals surface area (Å²) in [5.41, 5.74) is 7.58. The molecule has 2 fully saturated rings. The number of rotatable bonds is 3. The summed E-state index contributed by atoms with van der Waals surface area (Å²) in [6.07, 6.45) is 6.41. The van der Waals surface area contributed by atoms with Gasteiger partial charge in [0.1, 0.15) is 0 Å². The van der Waals surface area contributed by atoms with E-state index in [0.717, 1.165) is 12.1 Å². The molecule has 2 N–H and O–H groups in total. The van der Waals surface area contributed by atoms with Gasteiger partial charge in [0, 0.05) is 24.7 Å². The van der Waals surface area contributed by atoms with Gasteiger partial charge in [0.05, 0.1) is 0 Å². The van der Waals surface area contributed by atoms with Crippen LogP contribution in [0.5, 0.6) is 0 Å². The van der Waals surface area contributed by atoms with E-state index in [0.29, 0.717) is 6.04 Å². The lowest BCUT2D eigenvalue weighted by molar-refractivity contribution is 0.129. The number of hydrogen-bond donors (Lipinski definition) is 1. The van der Waals surface area contributed by atoms with Crippen LogP contribution in [0.15, 0.2) is 16.8 Å². The molecule has 3 heteroatoms. The lowest BCUT2D eigenvalue weighted by atomic mass is 9.98. The number of piperidine rings is 1. The maximum Gasteiger partial charge on any atom is 0.0114 e. The topological polar surface area (TPSA) is 29.3 Å². The van der Waals surface area contributed by atoms with Gasteiger partial charge in [-0.3, -0.25) is 4.90 Å². The van der Waals surface area contributed by atoms with Crippen LogP contribution in [-0.4, -0.2) is 29.6 Å². The van der Waals surface area contributed by atoms with Gasteiger partial charge in [0.2, 0.25) is 0 Å². The molecule has 0 aliphatic carbocycles. The van der Waals surface area contributed by atoms with Gasteiger partial charge in [-0.2, -0.15) is 11.3 Å². The second-order valence-electron chi connectivity index (χ2n) is 5.24. The lowest BCUT2D eigenvalue weighted by Crippen LogP contribution is -2.47. The molecule has 3 rings (SSSR count). The van der Waals surface area contributed by atoms with Gasteiger partial charge in [-0.25, -0.2) is 0 Å². The number of hydrogen-bond acceptors (Lipinski definition) is 3. The molecule has 0 aromatic carbocycles. The van der Waals surface area contributed by atoms with E-state index >= 15 is 0 Å². The van der Waals surface area contributed by atoms with Crippen molar-refractivity contribution in [1.82, 2.24) is 4.90 Å². The van der Waals surface area contributed by atoms with Gasteiger partial charge in [0.15, 0.2) is 0 Å². The molecule has 2 nitrogen and oxygen atoms in total. The summed E-state index contributed by atoms with van der Waals surface area (Å²) in [6, 6.07) is 4.29. The summed E-state index contributed by atoms with van der Waals surface area (Å²) < 4.78 is 0. The molecule has 0 spiro atoms. The van der Waals surface area contributed by atoms with Crippen LogP contribution in [0, 0.1) is 0 Å². The van der Waals surface area contributed by atoms with E-state index in [9.17, 15) is 0 Å². The maximum absolute atomic E-state index is 6.08. The zero-order valence-electron chi connectivity index (χ0n) is 9.64. The minimum Gasteiger partial charge on any atom is -0.328 e. The number of fused-ring (bicyclic) bond motifs is 2. The normalized spacial score (nSPS) is 34.4. The van der Waals surface area contributed by atoms with E-state index in [1.807, 2.05) is 0 Å². The second-order valence-corrected chi connectivity index (χ2v) is 6.02. The molecule has 2 atom stereocenters. The van der Waals surface area contributed by atoms with E-state index in [-0.39, 0.29) is 0 Å². The summed E-state index contributed by atoms with van der Waals surface area (Å²) in [7, 11) is 0. The molecule has 1 aromatic heterocycles. The molecule has 16 heavy (non-hydrogen) atoms. The molecule has 2 bridgehead atoms. The zero-order chi connectivity index (χ0) is 11.0. The highest BCUT2D eigenvalue weighted by Crippen LogP contribution is 2.34. The summed E-state index contributed by atoms with van der Waals surface area (Å²) in [4.78, 5) is 2.72. The van der Waals surface area contributed by atoms with Crippen molar-refractivity contribution in [3.63, 3.8) is 0 Å². The molecule has 2 unspecified atom stereocenters. The van der Waals surface area contributed by atoms with Crippen molar-refractivity contribution in [2.24, 2.45) is 5.73 Å². The van der Waals surface area contributed by atoms with Crippen LogP contribution in [0.2, 0.25) is 0 Å². The Morgan fingerprint density at radius 1 is 1.31 bits per heavy atom. The fourth-order valence-electron chi connectivity index (χ4n) is 3.37. The lowest BCUT2D eigenvalue weighted by Gasteiger charge is -2.37. The van der Waals surface area contributed by atoms with E-state index in [1.54, 1.807) is 11.3 Å². The van der Waals surface area contributed by atoms with E-state index in [2.05, 4.69) is 21.7 Å². The van der Waals surface area contributed by atoms with Gasteiger partial charge >= 0.3 is 0 Å². The van der Waals surface area contributed by atoms with E-state index in [1.165, 1.54) is 44.2 Å². The predicted octanol–water partition coefficient (Wildman–Crippen LogP) is 2.24.